The molecule has 0 atom stereocenters. The minimum Gasteiger partial charge on any atom is -0.508 e. The van der Waals surface area contributed by atoms with Crippen molar-refractivity contribution in [3.05, 3.63) is 60.7 Å². The monoisotopic (exact) mass is 277 g/mol. The summed E-state index contributed by atoms with van der Waals surface area (Å²) in [6, 6.07) is 17.4. The van der Waals surface area contributed by atoms with E-state index in [0.29, 0.717) is 11.5 Å². The van der Waals surface area contributed by atoms with Crippen LogP contribution in [0, 0.1) is 0 Å². The number of hydrogen-bond acceptors (Lipinski definition) is 2. The number of hydrogen-bond donors (Lipinski definition) is 2. The summed E-state index contributed by atoms with van der Waals surface area (Å²) in [6.45, 7) is 0. The summed E-state index contributed by atoms with van der Waals surface area (Å²) >= 11 is 0. The smallest absolute Gasteiger partial charge is 0.115 e. The normalized spacial score (nSPS) is 8.00. The van der Waals surface area contributed by atoms with Crippen LogP contribution in [0.15, 0.2) is 60.7 Å². The van der Waals surface area contributed by atoms with Gasteiger partial charge in [-0.25, -0.2) is 0 Å². The third-order valence-electron chi connectivity index (χ3n) is 1.51. The van der Waals surface area contributed by atoms with Crippen molar-refractivity contribution in [2.24, 2.45) is 0 Å². The standard InChI is InChI=1S/2C6H6O.Y/c2*7-6-4-2-1-3-5-6;/h2*1-5,7H;. The summed E-state index contributed by atoms with van der Waals surface area (Å²) in [6.07, 6.45) is 0. The average molecular weight is 277 g/mol. The quantitative estimate of drug-likeness (QED) is 0.777. The Morgan fingerprint density at radius 2 is 0.800 bits per heavy atom. The van der Waals surface area contributed by atoms with Gasteiger partial charge >= 0.3 is 0 Å². The summed E-state index contributed by atoms with van der Waals surface area (Å²) in [5.41, 5.74) is 0. The first-order chi connectivity index (χ1) is 6.79. The van der Waals surface area contributed by atoms with E-state index < -0.39 is 0 Å². The second-order valence-corrected chi connectivity index (χ2v) is 2.67. The van der Waals surface area contributed by atoms with Crippen molar-refractivity contribution in [3.63, 3.8) is 0 Å². The number of para-hydroxylation sites is 2. The molecule has 0 saturated carbocycles. The van der Waals surface area contributed by atoms with Crippen molar-refractivity contribution in [1.29, 1.82) is 0 Å². The fourth-order valence-corrected chi connectivity index (χ4v) is 0.856. The third kappa shape index (κ3) is 7.12. The van der Waals surface area contributed by atoms with E-state index >= 15 is 0 Å². The maximum atomic E-state index is 8.63. The van der Waals surface area contributed by atoms with E-state index in [1.165, 1.54) is 0 Å². The van der Waals surface area contributed by atoms with Gasteiger partial charge in [0.25, 0.3) is 0 Å². The molecule has 0 heterocycles. The molecule has 75 valence electrons. The van der Waals surface area contributed by atoms with Gasteiger partial charge in [0.2, 0.25) is 0 Å². The molecule has 2 rings (SSSR count). The molecule has 2 aromatic rings. The predicted octanol–water partition coefficient (Wildman–Crippen LogP) is 2.78. The molecule has 0 saturated heterocycles. The molecule has 0 bridgehead atoms. The van der Waals surface area contributed by atoms with Crippen molar-refractivity contribution in [1.82, 2.24) is 0 Å². The Balaban J connectivity index is 0.000000245. The fraction of sp³-hybridized carbons (Fsp3) is 0. The molecule has 0 unspecified atom stereocenters. The SMILES string of the molecule is Oc1ccccc1.Oc1ccccc1.[Y]. The van der Waals surface area contributed by atoms with Crippen LogP contribution in [0.2, 0.25) is 0 Å². The van der Waals surface area contributed by atoms with E-state index in [0.717, 1.165) is 0 Å². The molecule has 2 N–H and O–H groups in total. The van der Waals surface area contributed by atoms with Gasteiger partial charge in [-0.1, -0.05) is 36.4 Å². The molecule has 0 aliphatic heterocycles. The molecule has 3 heteroatoms. The molecule has 2 aromatic carbocycles. The van der Waals surface area contributed by atoms with E-state index in [1.807, 2.05) is 12.1 Å². The summed E-state index contributed by atoms with van der Waals surface area (Å²) in [5.74, 6) is 0.644. The molecular formula is C12H12O2Y. The van der Waals surface area contributed by atoms with E-state index in [4.69, 9.17) is 10.2 Å². The Morgan fingerprint density at radius 3 is 0.933 bits per heavy atom. The van der Waals surface area contributed by atoms with E-state index in [1.54, 1.807) is 48.5 Å². The van der Waals surface area contributed by atoms with Crippen LogP contribution in [0.1, 0.15) is 0 Å². The maximum Gasteiger partial charge on any atom is 0.115 e. The topological polar surface area (TPSA) is 40.5 Å². The Bertz CT molecular complexity index is 311. The molecule has 0 spiro atoms. The molecule has 2 nitrogen and oxygen atoms in total. The van der Waals surface area contributed by atoms with Gasteiger partial charge in [0.15, 0.2) is 0 Å². The zero-order valence-corrected chi connectivity index (χ0v) is 11.1. The zero-order chi connectivity index (χ0) is 10.2. The predicted molar refractivity (Wildman–Crippen MR) is 56.2 cm³/mol. The van der Waals surface area contributed by atoms with Crippen LogP contribution in [-0.2, 0) is 32.7 Å². The maximum absolute atomic E-state index is 8.63. The summed E-state index contributed by atoms with van der Waals surface area (Å²) < 4.78 is 0. The molecule has 1 radical (unpaired) electrons. The average Bonchev–Trinajstić information content (AvgIpc) is 2.21. The van der Waals surface area contributed by atoms with Gasteiger partial charge in [0.05, 0.1) is 0 Å². The second kappa shape index (κ2) is 8.45. The van der Waals surface area contributed by atoms with Gasteiger partial charge in [0, 0.05) is 32.7 Å². The zero-order valence-electron chi connectivity index (χ0n) is 8.25. The van der Waals surface area contributed by atoms with E-state index in [2.05, 4.69) is 0 Å². The van der Waals surface area contributed by atoms with Crippen molar-refractivity contribution >= 4 is 0 Å². The molecule has 0 fully saturated rings. The van der Waals surface area contributed by atoms with Crippen molar-refractivity contribution < 1.29 is 42.9 Å². The minimum absolute atomic E-state index is 0. The van der Waals surface area contributed by atoms with Crippen molar-refractivity contribution in [2.75, 3.05) is 0 Å². The van der Waals surface area contributed by atoms with Crippen LogP contribution in [0.25, 0.3) is 0 Å². The first kappa shape index (κ1) is 14.1. The molecular weight excluding hydrogens is 265 g/mol. The van der Waals surface area contributed by atoms with Crippen LogP contribution in [-0.4, -0.2) is 10.2 Å². The van der Waals surface area contributed by atoms with Gasteiger partial charge in [-0.15, -0.1) is 0 Å². The van der Waals surface area contributed by atoms with Crippen LogP contribution in [0.4, 0.5) is 0 Å². The minimum atomic E-state index is 0. The Labute approximate surface area is 114 Å². The van der Waals surface area contributed by atoms with Crippen LogP contribution in [0.3, 0.4) is 0 Å². The summed E-state index contributed by atoms with van der Waals surface area (Å²) in [7, 11) is 0. The van der Waals surface area contributed by atoms with E-state index in [9.17, 15) is 0 Å². The number of rotatable bonds is 0. The molecule has 0 aliphatic rings. The first-order valence-electron chi connectivity index (χ1n) is 4.27. The summed E-state index contributed by atoms with van der Waals surface area (Å²) in [4.78, 5) is 0. The Morgan fingerprint density at radius 1 is 0.533 bits per heavy atom. The largest absolute Gasteiger partial charge is 0.508 e. The number of phenolic OH excluding ortho intramolecular Hbond substituents is 2. The van der Waals surface area contributed by atoms with Gasteiger partial charge in [-0.3, -0.25) is 0 Å². The number of aromatic hydroxyl groups is 2. The molecule has 0 aliphatic carbocycles. The molecule has 0 aromatic heterocycles. The summed E-state index contributed by atoms with van der Waals surface area (Å²) in [5, 5.41) is 17.3. The Hall–Kier alpha value is -0.856. The van der Waals surface area contributed by atoms with Gasteiger partial charge in [0.1, 0.15) is 11.5 Å². The van der Waals surface area contributed by atoms with Crippen LogP contribution < -0.4 is 0 Å². The van der Waals surface area contributed by atoms with Gasteiger partial charge in [-0.05, 0) is 24.3 Å². The molecule has 15 heavy (non-hydrogen) atoms. The van der Waals surface area contributed by atoms with Crippen molar-refractivity contribution in [2.45, 2.75) is 0 Å². The number of benzene rings is 2. The molecule has 0 amide bonds. The second-order valence-electron chi connectivity index (χ2n) is 2.67. The van der Waals surface area contributed by atoms with Gasteiger partial charge in [-0.2, -0.15) is 0 Å². The Kier molecular flexibility index (Phi) is 7.97. The van der Waals surface area contributed by atoms with E-state index in [-0.39, 0.29) is 32.7 Å². The van der Waals surface area contributed by atoms with Crippen LogP contribution >= 0.6 is 0 Å². The third-order valence-corrected chi connectivity index (χ3v) is 1.51. The van der Waals surface area contributed by atoms with Crippen LogP contribution in [0.5, 0.6) is 11.5 Å². The number of phenols is 2. The first-order valence-corrected chi connectivity index (χ1v) is 4.27. The van der Waals surface area contributed by atoms with Crippen molar-refractivity contribution in [3.8, 4) is 11.5 Å². The fourth-order valence-electron chi connectivity index (χ4n) is 0.856. The van der Waals surface area contributed by atoms with Gasteiger partial charge < -0.3 is 10.2 Å².